The number of ether oxygens (including phenoxy) is 1. The smallest absolute Gasteiger partial charge is 0.306 e. The van der Waals surface area contributed by atoms with Crippen LogP contribution >= 0.6 is 7.82 Å². The third kappa shape index (κ3) is 59.9. The van der Waals surface area contributed by atoms with Crippen molar-refractivity contribution in [2.45, 2.75) is 315 Å². The Morgan fingerprint density at radius 1 is 0.456 bits per heavy atom. The van der Waals surface area contributed by atoms with Gasteiger partial charge in [0.1, 0.15) is 19.3 Å². The first-order valence-electron chi connectivity index (χ1n) is 33.2. The Labute approximate surface area is 489 Å². The number of quaternary nitrogens is 1. The molecule has 0 bridgehead atoms. The number of hydrogen-bond acceptors (Lipinski definition) is 7. The highest BCUT2D eigenvalue weighted by atomic mass is 31.2. The molecule has 0 saturated heterocycles. The largest absolute Gasteiger partial charge is 0.756 e. The number of hydrogen-bond donors (Lipinski definition) is 1. The Bertz CT molecular complexity index is 1580. The number of esters is 1. The number of rotatable bonds is 60. The van der Waals surface area contributed by atoms with Crippen molar-refractivity contribution in [3.8, 4) is 0 Å². The van der Waals surface area contributed by atoms with Gasteiger partial charge in [-0.2, -0.15) is 0 Å². The second-order valence-corrected chi connectivity index (χ2v) is 25.0. The topological polar surface area (TPSA) is 114 Å². The Morgan fingerprint density at radius 2 is 0.810 bits per heavy atom. The van der Waals surface area contributed by atoms with Crippen LogP contribution in [0.25, 0.3) is 0 Å². The quantitative estimate of drug-likeness (QED) is 0.0212. The van der Waals surface area contributed by atoms with Crippen molar-refractivity contribution in [3.63, 3.8) is 0 Å². The minimum absolute atomic E-state index is 0.0237. The molecule has 0 aromatic carbocycles. The van der Waals surface area contributed by atoms with Crippen LogP contribution in [0.4, 0.5) is 0 Å². The lowest BCUT2D eigenvalue weighted by atomic mass is 10.0. The van der Waals surface area contributed by atoms with Gasteiger partial charge >= 0.3 is 5.97 Å². The second-order valence-electron chi connectivity index (χ2n) is 23.6. The van der Waals surface area contributed by atoms with E-state index in [0.29, 0.717) is 17.4 Å². The molecule has 0 fully saturated rings. The van der Waals surface area contributed by atoms with E-state index in [-0.39, 0.29) is 31.5 Å². The fourth-order valence-electron chi connectivity index (χ4n) is 9.55. The van der Waals surface area contributed by atoms with E-state index in [4.69, 9.17) is 13.8 Å². The van der Waals surface area contributed by atoms with Gasteiger partial charge in [0.25, 0.3) is 7.82 Å². The summed E-state index contributed by atoms with van der Waals surface area (Å²) in [5.74, 6) is -0.540. The first kappa shape index (κ1) is 76.5. The minimum Gasteiger partial charge on any atom is -0.756 e. The van der Waals surface area contributed by atoms with Gasteiger partial charge in [0.05, 0.1) is 33.8 Å². The molecule has 0 radical (unpaired) electrons. The summed E-state index contributed by atoms with van der Waals surface area (Å²) in [7, 11) is 1.19. The van der Waals surface area contributed by atoms with Crippen molar-refractivity contribution in [1.29, 1.82) is 0 Å². The zero-order chi connectivity index (χ0) is 57.9. The molecule has 0 aliphatic heterocycles. The molecule has 1 N–H and O–H groups in total. The molecule has 0 heterocycles. The SMILES string of the molecule is CC/C=C\C/C=C\C/C=C\C/C=C\C/C=C\CCCCCCCCCCCC(=O)OC(/C=C/CCCCCCCCCCC)C(COP(=O)([O-])OCC[N+](C)(C)C)NC(=O)CCCCCCCCCCCCCCCCCCC. The number of nitrogens with one attached hydrogen (secondary N) is 1. The summed E-state index contributed by atoms with van der Waals surface area (Å²) in [6.45, 7) is 6.75. The Kier molecular flexibility index (Phi) is 56.7. The Hall–Kier alpha value is -2.55. The highest BCUT2D eigenvalue weighted by molar-refractivity contribution is 7.45. The predicted molar refractivity (Wildman–Crippen MR) is 339 cm³/mol. The number of allylic oxidation sites excluding steroid dienone is 11. The van der Waals surface area contributed by atoms with Gasteiger partial charge in [-0.1, -0.05) is 287 Å². The van der Waals surface area contributed by atoms with Crippen LogP contribution in [0.1, 0.15) is 303 Å². The first-order valence-corrected chi connectivity index (χ1v) is 34.7. The van der Waals surface area contributed by atoms with E-state index in [2.05, 4.69) is 86.8 Å². The number of likely N-dealkylation sites (N-methyl/N-ethyl adjacent to an activating group) is 1. The summed E-state index contributed by atoms with van der Waals surface area (Å²) in [5.41, 5.74) is 0. The molecule has 0 aromatic heterocycles. The molecule has 0 aliphatic carbocycles. The predicted octanol–water partition coefficient (Wildman–Crippen LogP) is 20.2. The fourth-order valence-corrected chi connectivity index (χ4v) is 10.3. The maximum atomic E-state index is 13.5. The van der Waals surface area contributed by atoms with Crippen LogP contribution in [-0.4, -0.2) is 69.4 Å². The molecular weight excluding hydrogens is 1000 g/mol. The monoisotopic (exact) mass is 1130 g/mol. The van der Waals surface area contributed by atoms with Gasteiger partial charge in [0, 0.05) is 12.8 Å². The number of amides is 1. The molecule has 9 nitrogen and oxygen atoms in total. The number of unbranched alkanes of at least 4 members (excludes halogenated alkanes) is 34. The van der Waals surface area contributed by atoms with Gasteiger partial charge in [-0.15, -0.1) is 0 Å². The van der Waals surface area contributed by atoms with E-state index in [0.717, 1.165) is 103 Å². The maximum Gasteiger partial charge on any atom is 0.306 e. The summed E-state index contributed by atoms with van der Waals surface area (Å²) in [6, 6.07) is -0.891. The lowest BCUT2D eigenvalue weighted by Gasteiger charge is -2.30. The average Bonchev–Trinajstić information content (AvgIpc) is 3.41. The summed E-state index contributed by atoms with van der Waals surface area (Å²) in [6.07, 6.45) is 75.9. The van der Waals surface area contributed by atoms with Crippen LogP contribution in [0, 0.1) is 0 Å². The minimum atomic E-state index is -4.70. The van der Waals surface area contributed by atoms with Gasteiger partial charge in [-0.3, -0.25) is 14.2 Å². The summed E-state index contributed by atoms with van der Waals surface area (Å²) >= 11 is 0. The van der Waals surface area contributed by atoms with Crippen LogP contribution in [-0.2, 0) is 27.9 Å². The van der Waals surface area contributed by atoms with Crippen molar-refractivity contribution in [2.75, 3.05) is 40.9 Å². The third-order valence-corrected chi connectivity index (χ3v) is 15.6. The van der Waals surface area contributed by atoms with Gasteiger partial charge < -0.3 is 28.5 Å². The number of carbonyl (C=O) groups is 2. The number of nitrogens with zero attached hydrogens (tertiary/aromatic N) is 1. The van der Waals surface area contributed by atoms with E-state index < -0.39 is 20.0 Å². The molecule has 0 aromatic rings. The zero-order valence-electron chi connectivity index (χ0n) is 52.6. The van der Waals surface area contributed by atoms with Crippen molar-refractivity contribution >= 4 is 19.7 Å². The van der Waals surface area contributed by atoms with E-state index in [9.17, 15) is 19.0 Å². The standard InChI is InChI=1S/C69H127N2O7P/c1-7-10-13-16-19-22-25-27-29-31-32-33-34-35-36-37-38-40-42-44-47-50-53-56-59-62-69(73)78-67(60-57-54-51-48-45-24-21-18-15-12-9-3)66(65-77-79(74,75)76-64-63-71(4,5)6)70-68(72)61-58-55-52-49-46-43-41-39-30-28-26-23-20-17-14-11-8-2/h10,13,19,22,27,29,32-33,35-36,57,60,66-67H,7-9,11-12,14-18,20-21,23-26,28,30-31,34,37-56,58-59,61-65H2,1-6H3,(H-,70,72,74,75)/b13-10-,22-19-,29-27-,33-32-,36-35-,60-57+. The Morgan fingerprint density at radius 3 is 1.22 bits per heavy atom. The van der Waals surface area contributed by atoms with Crippen LogP contribution < -0.4 is 10.2 Å². The van der Waals surface area contributed by atoms with Crippen molar-refractivity contribution in [2.24, 2.45) is 0 Å². The number of phosphoric acid groups is 1. The normalized spacial score (nSPS) is 14.1. The molecule has 3 unspecified atom stereocenters. The van der Waals surface area contributed by atoms with E-state index >= 15 is 0 Å². The van der Waals surface area contributed by atoms with Crippen molar-refractivity contribution in [1.82, 2.24) is 5.32 Å². The van der Waals surface area contributed by atoms with Gasteiger partial charge in [0.15, 0.2) is 0 Å². The number of phosphoric ester groups is 1. The van der Waals surface area contributed by atoms with E-state index in [1.54, 1.807) is 0 Å². The van der Waals surface area contributed by atoms with Crippen LogP contribution in [0.3, 0.4) is 0 Å². The summed E-state index contributed by atoms with van der Waals surface area (Å²) < 4.78 is 30.4. The molecule has 460 valence electrons. The lowest BCUT2D eigenvalue weighted by molar-refractivity contribution is -0.870. The molecule has 0 rings (SSSR count). The molecule has 1 amide bonds. The molecule has 10 heteroatoms. The fraction of sp³-hybridized carbons (Fsp3) is 0.797. The first-order chi connectivity index (χ1) is 38.4. The molecule has 0 spiro atoms. The molecular formula is C69H127N2O7P. The summed E-state index contributed by atoms with van der Waals surface area (Å²) in [4.78, 5) is 40.1. The van der Waals surface area contributed by atoms with Gasteiger partial charge in [0.2, 0.25) is 5.91 Å². The molecule has 3 atom stereocenters. The van der Waals surface area contributed by atoms with Crippen LogP contribution in [0.2, 0.25) is 0 Å². The zero-order valence-corrected chi connectivity index (χ0v) is 53.5. The second kappa shape index (κ2) is 58.6. The Balaban J connectivity index is 5.09. The van der Waals surface area contributed by atoms with Crippen LogP contribution in [0.15, 0.2) is 72.9 Å². The van der Waals surface area contributed by atoms with Crippen molar-refractivity contribution < 1.29 is 37.3 Å². The highest BCUT2D eigenvalue weighted by Gasteiger charge is 2.27. The third-order valence-electron chi connectivity index (χ3n) is 14.7. The number of carbonyl (C=O) groups excluding carboxylic acids is 2. The van der Waals surface area contributed by atoms with Gasteiger partial charge in [-0.05, 0) is 76.7 Å². The van der Waals surface area contributed by atoms with Crippen molar-refractivity contribution in [3.05, 3.63) is 72.9 Å². The molecule has 0 aliphatic rings. The molecule has 0 saturated carbocycles. The van der Waals surface area contributed by atoms with E-state index in [1.165, 1.54) is 167 Å². The maximum absolute atomic E-state index is 13.5. The van der Waals surface area contributed by atoms with Crippen LogP contribution in [0.5, 0.6) is 0 Å². The lowest BCUT2D eigenvalue weighted by Crippen LogP contribution is -2.47. The highest BCUT2D eigenvalue weighted by Crippen LogP contribution is 2.38. The summed E-state index contributed by atoms with van der Waals surface area (Å²) in [5, 5.41) is 3.03. The van der Waals surface area contributed by atoms with Gasteiger partial charge in [-0.25, -0.2) is 0 Å². The average molecular weight is 1130 g/mol. The van der Waals surface area contributed by atoms with E-state index in [1.807, 2.05) is 33.3 Å². The molecule has 79 heavy (non-hydrogen) atoms.